The Morgan fingerprint density at radius 2 is 1.73 bits per heavy atom. The predicted octanol–water partition coefficient (Wildman–Crippen LogP) is 5.84. The van der Waals surface area contributed by atoms with E-state index >= 15 is 0 Å². The molecule has 33 heavy (non-hydrogen) atoms. The highest BCUT2D eigenvalue weighted by molar-refractivity contribution is 6.34. The number of hydrogen-bond acceptors (Lipinski definition) is 2. The third kappa shape index (κ3) is 4.96. The fourth-order valence-corrected chi connectivity index (χ4v) is 3.80. The van der Waals surface area contributed by atoms with Crippen molar-refractivity contribution in [1.82, 2.24) is 4.90 Å². The summed E-state index contributed by atoms with van der Waals surface area (Å²) in [5.74, 6) is -3.25. The third-order valence-electron chi connectivity index (χ3n) is 5.30. The molecule has 1 aliphatic rings. The van der Waals surface area contributed by atoms with Gasteiger partial charge in [-0.15, -0.1) is 0 Å². The molecular weight excluding hydrogens is 455 g/mol. The van der Waals surface area contributed by atoms with Crippen molar-refractivity contribution in [3.63, 3.8) is 0 Å². The van der Waals surface area contributed by atoms with Crippen LogP contribution in [-0.4, -0.2) is 29.9 Å². The molecule has 1 fully saturated rings. The summed E-state index contributed by atoms with van der Waals surface area (Å²) in [6.07, 6.45) is 0.648. The zero-order valence-corrected chi connectivity index (χ0v) is 18.1. The van der Waals surface area contributed by atoms with E-state index in [-0.39, 0.29) is 28.8 Å². The molecule has 170 valence electrons. The van der Waals surface area contributed by atoms with Crippen LogP contribution in [0.5, 0.6) is 0 Å². The second kappa shape index (κ2) is 9.54. The van der Waals surface area contributed by atoms with Gasteiger partial charge in [0.1, 0.15) is 5.82 Å². The molecule has 1 saturated heterocycles. The average molecular weight is 474 g/mol. The number of amides is 3. The van der Waals surface area contributed by atoms with E-state index < -0.39 is 23.4 Å². The Morgan fingerprint density at radius 3 is 2.48 bits per heavy atom. The number of anilines is 2. The molecule has 1 heterocycles. The molecule has 0 aliphatic carbocycles. The molecular formula is C24H19ClF3N3O2. The van der Waals surface area contributed by atoms with Crippen LogP contribution in [0.25, 0.3) is 0 Å². The summed E-state index contributed by atoms with van der Waals surface area (Å²) >= 11 is 6.22. The average Bonchev–Trinajstić information content (AvgIpc) is 2.79. The van der Waals surface area contributed by atoms with Gasteiger partial charge in [-0.1, -0.05) is 29.8 Å². The van der Waals surface area contributed by atoms with Crippen molar-refractivity contribution < 1.29 is 22.8 Å². The molecule has 0 atom stereocenters. The first-order valence-electron chi connectivity index (χ1n) is 10.2. The summed E-state index contributed by atoms with van der Waals surface area (Å²) in [4.78, 5) is 28.6. The van der Waals surface area contributed by atoms with Gasteiger partial charge in [-0.25, -0.2) is 18.0 Å². The first-order valence-corrected chi connectivity index (χ1v) is 10.6. The lowest BCUT2D eigenvalue weighted by Gasteiger charge is -2.36. The fraction of sp³-hybridized carbons (Fsp3) is 0.167. The van der Waals surface area contributed by atoms with Gasteiger partial charge in [0.05, 0.1) is 16.3 Å². The van der Waals surface area contributed by atoms with Gasteiger partial charge in [0.15, 0.2) is 11.6 Å². The predicted molar refractivity (Wildman–Crippen MR) is 120 cm³/mol. The van der Waals surface area contributed by atoms with E-state index in [1.54, 1.807) is 18.2 Å². The monoisotopic (exact) mass is 473 g/mol. The minimum absolute atomic E-state index is 0.122. The van der Waals surface area contributed by atoms with Gasteiger partial charge in [-0.3, -0.25) is 9.69 Å². The van der Waals surface area contributed by atoms with Crippen LogP contribution in [0.15, 0.2) is 60.7 Å². The molecule has 0 bridgehead atoms. The topological polar surface area (TPSA) is 52.7 Å². The van der Waals surface area contributed by atoms with Crippen LogP contribution in [-0.2, 0) is 6.54 Å². The lowest BCUT2D eigenvalue weighted by molar-refractivity contribution is 0.102. The van der Waals surface area contributed by atoms with E-state index in [4.69, 9.17) is 11.6 Å². The lowest BCUT2D eigenvalue weighted by Crippen LogP contribution is -2.49. The molecule has 9 heteroatoms. The third-order valence-corrected chi connectivity index (χ3v) is 5.63. The number of urea groups is 1. The molecule has 0 aromatic heterocycles. The van der Waals surface area contributed by atoms with Gasteiger partial charge in [0, 0.05) is 25.3 Å². The second-order valence-corrected chi connectivity index (χ2v) is 7.96. The zero-order chi connectivity index (χ0) is 23.5. The van der Waals surface area contributed by atoms with Crippen molar-refractivity contribution in [1.29, 1.82) is 0 Å². The van der Waals surface area contributed by atoms with Crippen molar-refractivity contribution in [2.75, 3.05) is 23.3 Å². The first kappa shape index (κ1) is 22.7. The Hall–Kier alpha value is -3.52. The number of halogens is 4. The van der Waals surface area contributed by atoms with E-state index in [2.05, 4.69) is 5.32 Å². The normalized spacial score (nSPS) is 13.9. The number of carbonyl (C=O) groups is 2. The van der Waals surface area contributed by atoms with Crippen LogP contribution in [0, 0.1) is 17.5 Å². The highest BCUT2D eigenvalue weighted by Gasteiger charge is 2.27. The van der Waals surface area contributed by atoms with E-state index in [1.807, 2.05) is 0 Å². The van der Waals surface area contributed by atoms with Crippen molar-refractivity contribution in [3.05, 3.63) is 94.3 Å². The van der Waals surface area contributed by atoms with Crippen molar-refractivity contribution in [3.8, 4) is 0 Å². The van der Waals surface area contributed by atoms with Crippen LogP contribution >= 0.6 is 11.6 Å². The van der Waals surface area contributed by atoms with Gasteiger partial charge in [0.2, 0.25) is 0 Å². The Kier molecular flexibility index (Phi) is 6.55. The summed E-state index contributed by atoms with van der Waals surface area (Å²) < 4.78 is 40.7. The Labute approximate surface area is 193 Å². The second-order valence-electron chi connectivity index (χ2n) is 7.56. The molecule has 0 unspecified atom stereocenters. The molecule has 1 aliphatic heterocycles. The number of nitrogens with zero attached hydrogens (tertiary/aromatic N) is 2. The highest BCUT2D eigenvalue weighted by atomic mass is 35.5. The Balaban J connectivity index is 1.53. The molecule has 3 aromatic carbocycles. The first-order chi connectivity index (χ1) is 15.8. The largest absolute Gasteiger partial charge is 0.324 e. The maximum atomic E-state index is 13.9. The highest BCUT2D eigenvalue weighted by Crippen LogP contribution is 2.30. The molecule has 0 spiro atoms. The van der Waals surface area contributed by atoms with Gasteiger partial charge in [-0.2, -0.15) is 0 Å². The van der Waals surface area contributed by atoms with Gasteiger partial charge >= 0.3 is 6.03 Å². The summed E-state index contributed by atoms with van der Waals surface area (Å²) in [5, 5.41) is 2.81. The maximum absolute atomic E-state index is 13.9. The van der Waals surface area contributed by atoms with Crippen LogP contribution < -0.4 is 10.2 Å². The van der Waals surface area contributed by atoms with Gasteiger partial charge < -0.3 is 10.2 Å². The number of rotatable bonds is 5. The van der Waals surface area contributed by atoms with Crippen LogP contribution in [0.2, 0.25) is 5.02 Å². The molecule has 4 rings (SSSR count). The molecule has 0 radical (unpaired) electrons. The van der Waals surface area contributed by atoms with Crippen LogP contribution in [0.1, 0.15) is 22.3 Å². The fourth-order valence-electron chi connectivity index (χ4n) is 3.64. The van der Waals surface area contributed by atoms with Gasteiger partial charge in [0.25, 0.3) is 5.91 Å². The summed E-state index contributed by atoms with van der Waals surface area (Å²) in [6.45, 7) is 1.01. The minimum atomic E-state index is -0.971. The van der Waals surface area contributed by atoms with Crippen molar-refractivity contribution in [2.45, 2.75) is 13.0 Å². The minimum Gasteiger partial charge on any atom is -0.320 e. The lowest BCUT2D eigenvalue weighted by atomic mass is 10.1. The van der Waals surface area contributed by atoms with Gasteiger partial charge in [-0.05, 0) is 54.4 Å². The van der Waals surface area contributed by atoms with E-state index in [1.165, 1.54) is 40.1 Å². The number of benzene rings is 3. The van der Waals surface area contributed by atoms with Crippen LogP contribution in [0.4, 0.5) is 29.3 Å². The zero-order valence-electron chi connectivity index (χ0n) is 17.3. The molecule has 0 saturated carbocycles. The van der Waals surface area contributed by atoms with E-state index in [9.17, 15) is 22.8 Å². The van der Waals surface area contributed by atoms with E-state index in [0.29, 0.717) is 30.8 Å². The molecule has 3 amide bonds. The number of hydrogen-bond donors (Lipinski definition) is 1. The SMILES string of the molecule is O=C(Nc1cc(N2CCCN(Cc3ccc(F)c(F)c3)C2=O)ccc1Cl)c1ccccc1F. The summed E-state index contributed by atoms with van der Waals surface area (Å²) in [7, 11) is 0. The standard InChI is InChI=1S/C24H19ClF3N3O2/c25-18-8-7-16(13-22(18)29-23(32)17-4-1-2-5-19(17)26)31-11-3-10-30(24(31)33)14-15-6-9-20(27)21(28)12-15/h1-2,4-9,12-13H,3,10-11,14H2,(H,29,32). The number of carbonyl (C=O) groups excluding carboxylic acids is 2. The molecule has 5 nitrogen and oxygen atoms in total. The van der Waals surface area contributed by atoms with Crippen LogP contribution in [0.3, 0.4) is 0 Å². The molecule has 3 aromatic rings. The Bertz CT molecular complexity index is 1220. The molecule has 1 N–H and O–H groups in total. The van der Waals surface area contributed by atoms with E-state index in [0.717, 1.165) is 12.1 Å². The summed E-state index contributed by atoms with van der Waals surface area (Å²) in [6, 6.07) is 13.5. The number of nitrogens with one attached hydrogen (secondary N) is 1. The quantitative estimate of drug-likeness (QED) is 0.506. The van der Waals surface area contributed by atoms with Crippen molar-refractivity contribution in [2.24, 2.45) is 0 Å². The summed E-state index contributed by atoms with van der Waals surface area (Å²) in [5.41, 5.74) is 1.06. The Morgan fingerprint density at radius 1 is 0.939 bits per heavy atom. The smallest absolute Gasteiger partial charge is 0.320 e. The van der Waals surface area contributed by atoms with Crippen molar-refractivity contribution >= 4 is 34.9 Å². The maximum Gasteiger partial charge on any atom is 0.324 e.